The number of halogens is 1. The van der Waals surface area contributed by atoms with Gasteiger partial charge in [0.15, 0.2) is 0 Å². The number of hydrogen-bond acceptors (Lipinski definition) is 3. The summed E-state index contributed by atoms with van der Waals surface area (Å²) in [4.78, 5) is 4.85. The molecule has 4 heteroatoms. The summed E-state index contributed by atoms with van der Waals surface area (Å²) in [6.07, 6.45) is 6.55. The molecule has 0 spiro atoms. The van der Waals surface area contributed by atoms with Gasteiger partial charge in [-0.05, 0) is 57.6 Å². The third-order valence-corrected chi connectivity index (χ3v) is 6.27. The van der Waals surface area contributed by atoms with E-state index in [4.69, 9.17) is 11.6 Å². The van der Waals surface area contributed by atoms with Crippen molar-refractivity contribution >= 4 is 11.6 Å². The van der Waals surface area contributed by atoms with Crippen molar-refractivity contribution in [3.63, 3.8) is 0 Å². The molecule has 1 aromatic rings. The van der Waals surface area contributed by atoms with Crippen molar-refractivity contribution in [2.24, 2.45) is 0 Å². The second-order valence-electron chi connectivity index (χ2n) is 7.94. The highest BCUT2D eigenvalue weighted by atomic mass is 35.5. The molecule has 2 fully saturated rings. The molecule has 1 saturated heterocycles. The lowest BCUT2D eigenvalue weighted by Crippen LogP contribution is -2.44. The van der Waals surface area contributed by atoms with Crippen molar-refractivity contribution in [2.75, 3.05) is 33.7 Å². The molecule has 1 aromatic carbocycles. The van der Waals surface area contributed by atoms with Crippen LogP contribution in [0, 0.1) is 0 Å². The minimum Gasteiger partial charge on any atom is -0.389 e. The number of benzene rings is 1. The highest BCUT2D eigenvalue weighted by molar-refractivity contribution is 6.30. The summed E-state index contributed by atoms with van der Waals surface area (Å²) in [6, 6.07) is 8.76. The van der Waals surface area contributed by atoms with Gasteiger partial charge in [0, 0.05) is 30.1 Å². The summed E-state index contributed by atoms with van der Waals surface area (Å²) in [5.74, 6) is 0.150. The summed E-state index contributed by atoms with van der Waals surface area (Å²) >= 11 is 6.25. The summed E-state index contributed by atoms with van der Waals surface area (Å²) < 4.78 is 0. The van der Waals surface area contributed by atoms with E-state index in [-0.39, 0.29) is 5.92 Å². The van der Waals surface area contributed by atoms with E-state index in [0.29, 0.717) is 6.04 Å². The number of likely N-dealkylation sites (tertiary alicyclic amines) is 1. The Hall–Kier alpha value is -0.610. The molecule has 2 atom stereocenters. The first kappa shape index (κ1) is 18.2. The zero-order chi connectivity index (χ0) is 17.2. The van der Waals surface area contributed by atoms with Gasteiger partial charge < -0.3 is 14.9 Å². The van der Waals surface area contributed by atoms with E-state index in [0.717, 1.165) is 50.3 Å². The molecule has 24 heavy (non-hydrogen) atoms. The van der Waals surface area contributed by atoms with Crippen molar-refractivity contribution in [3.05, 3.63) is 34.9 Å². The molecule has 0 aromatic heterocycles. The molecule has 3 nitrogen and oxygen atoms in total. The van der Waals surface area contributed by atoms with Gasteiger partial charge in [-0.3, -0.25) is 0 Å². The fraction of sp³-hybridized carbons (Fsp3) is 0.700. The summed E-state index contributed by atoms with van der Waals surface area (Å²) in [5, 5.41) is 12.2. The molecule has 0 amide bonds. The van der Waals surface area contributed by atoms with E-state index in [9.17, 15) is 5.11 Å². The van der Waals surface area contributed by atoms with Crippen LogP contribution >= 0.6 is 11.6 Å². The predicted octanol–water partition coefficient (Wildman–Crippen LogP) is 3.75. The third kappa shape index (κ3) is 4.13. The van der Waals surface area contributed by atoms with Crippen molar-refractivity contribution in [1.29, 1.82) is 0 Å². The molecule has 3 rings (SSSR count). The SMILES string of the molecule is CN(C)[C@@H]1CCN(CC(c2cccc(Cl)c2)C2(O)CCCCC2)C1. The highest BCUT2D eigenvalue weighted by Crippen LogP contribution is 2.41. The predicted molar refractivity (Wildman–Crippen MR) is 101 cm³/mol. The molecule has 1 unspecified atom stereocenters. The Labute approximate surface area is 151 Å². The van der Waals surface area contributed by atoms with E-state index in [1.165, 1.54) is 18.4 Å². The molecule has 1 aliphatic heterocycles. The fourth-order valence-corrected chi connectivity index (χ4v) is 4.68. The first-order chi connectivity index (χ1) is 11.5. The Bertz CT molecular complexity index is 542. The van der Waals surface area contributed by atoms with Gasteiger partial charge in [0.25, 0.3) is 0 Å². The second kappa shape index (κ2) is 7.74. The lowest BCUT2D eigenvalue weighted by Gasteiger charge is -2.41. The van der Waals surface area contributed by atoms with Crippen LogP contribution in [-0.2, 0) is 0 Å². The van der Waals surface area contributed by atoms with Crippen LogP contribution in [0.1, 0.15) is 50.0 Å². The van der Waals surface area contributed by atoms with Gasteiger partial charge in [-0.2, -0.15) is 0 Å². The molecule has 0 radical (unpaired) electrons. The monoisotopic (exact) mass is 350 g/mol. The summed E-state index contributed by atoms with van der Waals surface area (Å²) in [5.41, 5.74) is 0.610. The van der Waals surface area contributed by atoms with E-state index in [2.05, 4.69) is 36.0 Å². The molecule has 1 aliphatic carbocycles. The molecular weight excluding hydrogens is 320 g/mol. The van der Waals surface area contributed by atoms with Crippen LogP contribution in [0.3, 0.4) is 0 Å². The van der Waals surface area contributed by atoms with Gasteiger partial charge in [-0.15, -0.1) is 0 Å². The average molecular weight is 351 g/mol. The fourth-order valence-electron chi connectivity index (χ4n) is 4.48. The third-order valence-electron chi connectivity index (χ3n) is 6.04. The van der Waals surface area contributed by atoms with E-state index < -0.39 is 5.60 Å². The van der Waals surface area contributed by atoms with Crippen molar-refractivity contribution in [1.82, 2.24) is 9.80 Å². The summed E-state index contributed by atoms with van der Waals surface area (Å²) in [6.45, 7) is 3.15. The Kier molecular flexibility index (Phi) is 5.86. The first-order valence-corrected chi connectivity index (χ1v) is 9.72. The standard InChI is InChI=1S/C20H31ClN2O/c1-22(2)18-9-12-23(14-18)15-19(16-7-6-8-17(21)13-16)20(24)10-4-3-5-11-20/h6-8,13,18-19,24H,3-5,9-12,14-15H2,1-2H3/t18-,19?/m1/s1. The van der Waals surface area contributed by atoms with E-state index in [1.807, 2.05) is 12.1 Å². The normalized spacial score (nSPS) is 26.0. The zero-order valence-electron chi connectivity index (χ0n) is 15.0. The van der Waals surface area contributed by atoms with Crippen LogP contribution in [0.15, 0.2) is 24.3 Å². The number of hydrogen-bond donors (Lipinski definition) is 1. The molecule has 2 aliphatic rings. The Balaban J connectivity index is 1.80. The van der Waals surface area contributed by atoms with Gasteiger partial charge in [0.05, 0.1) is 5.60 Å². The number of likely N-dealkylation sites (N-methyl/N-ethyl adjacent to an activating group) is 1. The molecule has 1 saturated carbocycles. The van der Waals surface area contributed by atoms with Crippen LogP contribution in [0.4, 0.5) is 0 Å². The maximum atomic E-state index is 11.4. The Morgan fingerprint density at radius 2 is 2.04 bits per heavy atom. The molecule has 1 N–H and O–H groups in total. The first-order valence-electron chi connectivity index (χ1n) is 9.34. The second-order valence-corrected chi connectivity index (χ2v) is 8.37. The lowest BCUT2D eigenvalue weighted by molar-refractivity contribution is -0.0296. The minimum atomic E-state index is -0.584. The number of rotatable bonds is 5. The highest BCUT2D eigenvalue weighted by Gasteiger charge is 2.40. The molecule has 0 bridgehead atoms. The molecule has 134 valence electrons. The van der Waals surface area contributed by atoms with Gasteiger partial charge in [0.2, 0.25) is 0 Å². The minimum absolute atomic E-state index is 0.150. The number of nitrogens with zero attached hydrogens (tertiary/aromatic N) is 2. The molecule has 1 heterocycles. The largest absolute Gasteiger partial charge is 0.389 e. The van der Waals surface area contributed by atoms with Crippen molar-refractivity contribution in [2.45, 2.75) is 56.1 Å². The maximum Gasteiger partial charge on any atom is 0.0728 e. The average Bonchev–Trinajstić information content (AvgIpc) is 3.02. The van der Waals surface area contributed by atoms with Crippen LogP contribution < -0.4 is 0 Å². The van der Waals surface area contributed by atoms with Crippen LogP contribution in [-0.4, -0.2) is 60.3 Å². The van der Waals surface area contributed by atoms with Gasteiger partial charge >= 0.3 is 0 Å². The van der Waals surface area contributed by atoms with Crippen LogP contribution in [0.2, 0.25) is 5.02 Å². The summed E-state index contributed by atoms with van der Waals surface area (Å²) in [7, 11) is 4.33. The number of aliphatic hydroxyl groups is 1. The Morgan fingerprint density at radius 1 is 1.29 bits per heavy atom. The van der Waals surface area contributed by atoms with Gasteiger partial charge in [-0.25, -0.2) is 0 Å². The lowest BCUT2D eigenvalue weighted by atomic mass is 9.72. The quantitative estimate of drug-likeness (QED) is 0.876. The smallest absolute Gasteiger partial charge is 0.0728 e. The van der Waals surface area contributed by atoms with Crippen LogP contribution in [0.25, 0.3) is 0 Å². The van der Waals surface area contributed by atoms with E-state index >= 15 is 0 Å². The molecular formula is C20H31ClN2O. The van der Waals surface area contributed by atoms with E-state index in [1.54, 1.807) is 0 Å². The van der Waals surface area contributed by atoms with Gasteiger partial charge in [0.1, 0.15) is 0 Å². The maximum absolute atomic E-state index is 11.4. The topological polar surface area (TPSA) is 26.7 Å². The van der Waals surface area contributed by atoms with Crippen molar-refractivity contribution in [3.8, 4) is 0 Å². The Morgan fingerprint density at radius 3 is 2.67 bits per heavy atom. The van der Waals surface area contributed by atoms with Crippen LogP contribution in [0.5, 0.6) is 0 Å². The zero-order valence-corrected chi connectivity index (χ0v) is 15.8. The van der Waals surface area contributed by atoms with Crippen molar-refractivity contribution < 1.29 is 5.11 Å². The van der Waals surface area contributed by atoms with Gasteiger partial charge in [-0.1, -0.05) is 43.0 Å².